The van der Waals surface area contributed by atoms with Gasteiger partial charge in [-0.25, -0.2) is 0 Å². The number of amides is 1. The van der Waals surface area contributed by atoms with Crippen LogP contribution in [0.1, 0.15) is 78.1 Å². The summed E-state index contributed by atoms with van der Waals surface area (Å²) in [5.74, 6) is 0.670. The number of hydrogen-bond acceptors (Lipinski definition) is 2. The number of rotatable bonds is 16. The van der Waals surface area contributed by atoms with Crippen LogP contribution in [0.25, 0.3) is 0 Å². The Hall–Kier alpha value is -1.64. The second-order valence-corrected chi connectivity index (χ2v) is 7.49. The summed E-state index contributed by atoms with van der Waals surface area (Å²) in [6.07, 6.45) is 16.3. The van der Waals surface area contributed by atoms with Gasteiger partial charge in [0.05, 0.1) is 0 Å². The van der Waals surface area contributed by atoms with E-state index in [-0.39, 0.29) is 5.91 Å². The van der Waals surface area contributed by atoms with Crippen molar-refractivity contribution in [1.29, 1.82) is 0 Å². The van der Waals surface area contributed by atoms with Crippen LogP contribution in [0.2, 0.25) is 0 Å². The van der Waals surface area contributed by atoms with Crippen LogP contribution in [-0.2, 0) is 9.59 Å². The summed E-state index contributed by atoms with van der Waals surface area (Å²) < 4.78 is 0. The largest absolute Gasteiger partial charge is 0.342 e. The van der Waals surface area contributed by atoms with Gasteiger partial charge in [0.2, 0.25) is 0 Å². The molecule has 148 valence electrons. The van der Waals surface area contributed by atoms with Crippen molar-refractivity contribution in [3.05, 3.63) is 36.5 Å². The number of likely N-dealkylation sites (N-methyl/N-ethyl adjacent to an activating group) is 1. The van der Waals surface area contributed by atoms with E-state index in [2.05, 4.69) is 27.0 Å². The summed E-state index contributed by atoms with van der Waals surface area (Å²) in [6.45, 7) is 12.5. The maximum Gasteiger partial charge on any atom is 0.254 e. The maximum atomic E-state index is 12.4. The number of nitrogens with zero attached hydrogens (tertiary/aromatic N) is 1. The second kappa shape index (κ2) is 15.6. The SMILES string of the molecule is C=C/C(C=O)=C(\C=C)C(=O)N(C)CCCCCCCCCCCC(C)C. The molecule has 0 aromatic carbocycles. The molecule has 0 saturated heterocycles. The minimum absolute atomic E-state index is 0.164. The van der Waals surface area contributed by atoms with Gasteiger partial charge >= 0.3 is 0 Å². The van der Waals surface area contributed by atoms with Crippen molar-refractivity contribution >= 4 is 12.2 Å². The normalized spacial score (nSPS) is 11.8. The topological polar surface area (TPSA) is 37.4 Å². The summed E-state index contributed by atoms with van der Waals surface area (Å²) in [7, 11) is 1.77. The average Bonchev–Trinajstić information content (AvgIpc) is 2.62. The molecule has 26 heavy (non-hydrogen) atoms. The highest BCUT2D eigenvalue weighted by Gasteiger charge is 2.14. The first kappa shape index (κ1) is 24.4. The highest BCUT2D eigenvalue weighted by Crippen LogP contribution is 2.14. The van der Waals surface area contributed by atoms with Crippen LogP contribution in [-0.4, -0.2) is 30.7 Å². The molecule has 3 heteroatoms. The highest BCUT2D eigenvalue weighted by molar-refractivity contribution is 6.02. The van der Waals surface area contributed by atoms with Crippen LogP contribution >= 0.6 is 0 Å². The Balaban J connectivity index is 3.83. The van der Waals surface area contributed by atoms with Crippen molar-refractivity contribution in [1.82, 2.24) is 4.90 Å². The van der Waals surface area contributed by atoms with Gasteiger partial charge in [-0.05, 0) is 12.3 Å². The summed E-state index contributed by atoms with van der Waals surface area (Å²) in [4.78, 5) is 25.0. The fourth-order valence-electron chi connectivity index (χ4n) is 3.00. The third-order valence-corrected chi connectivity index (χ3v) is 4.71. The molecule has 0 fully saturated rings. The van der Waals surface area contributed by atoms with Crippen LogP contribution < -0.4 is 0 Å². The van der Waals surface area contributed by atoms with Gasteiger partial charge in [-0.15, -0.1) is 0 Å². The number of aldehydes is 1. The first-order valence-electron chi connectivity index (χ1n) is 10.2. The highest BCUT2D eigenvalue weighted by atomic mass is 16.2. The molecule has 0 aliphatic rings. The van der Waals surface area contributed by atoms with Crippen molar-refractivity contribution in [2.24, 2.45) is 5.92 Å². The molecule has 0 radical (unpaired) electrons. The van der Waals surface area contributed by atoms with E-state index < -0.39 is 0 Å². The first-order valence-corrected chi connectivity index (χ1v) is 10.2. The van der Waals surface area contributed by atoms with E-state index >= 15 is 0 Å². The lowest BCUT2D eigenvalue weighted by Crippen LogP contribution is -2.29. The van der Waals surface area contributed by atoms with Gasteiger partial charge < -0.3 is 4.90 Å². The predicted octanol–water partition coefficient (Wildman–Crippen LogP) is 5.87. The molecule has 0 unspecified atom stereocenters. The molecule has 0 atom stereocenters. The third-order valence-electron chi connectivity index (χ3n) is 4.71. The van der Waals surface area contributed by atoms with Crippen molar-refractivity contribution in [3.8, 4) is 0 Å². The maximum absolute atomic E-state index is 12.4. The summed E-state index contributed by atoms with van der Waals surface area (Å²) in [5.41, 5.74) is 0.625. The Labute approximate surface area is 161 Å². The third kappa shape index (κ3) is 11.1. The van der Waals surface area contributed by atoms with Crippen LogP contribution in [0.4, 0.5) is 0 Å². The minimum Gasteiger partial charge on any atom is -0.342 e. The van der Waals surface area contributed by atoms with Gasteiger partial charge in [-0.1, -0.05) is 96.9 Å². The number of carbonyl (C=O) groups is 2. The molecule has 0 aromatic heterocycles. The van der Waals surface area contributed by atoms with Gasteiger partial charge in [0.15, 0.2) is 6.29 Å². The monoisotopic (exact) mass is 361 g/mol. The molecule has 0 spiro atoms. The van der Waals surface area contributed by atoms with Crippen LogP contribution in [0, 0.1) is 5.92 Å². The van der Waals surface area contributed by atoms with Crippen molar-refractivity contribution in [2.75, 3.05) is 13.6 Å². The van der Waals surface area contributed by atoms with E-state index in [0.717, 1.165) is 18.8 Å². The van der Waals surface area contributed by atoms with Gasteiger partial charge in [0, 0.05) is 24.7 Å². The fraction of sp³-hybridized carbons (Fsp3) is 0.652. The molecule has 1 amide bonds. The Morgan fingerprint density at radius 2 is 1.38 bits per heavy atom. The average molecular weight is 362 g/mol. The smallest absolute Gasteiger partial charge is 0.254 e. The molecule has 0 rings (SSSR count). The summed E-state index contributed by atoms with van der Waals surface area (Å²) in [6, 6.07) is 0. The molecule has 0 bridgehead atoms. The quantitative estimate of drug-likeness (QED) is 0.149. The zero-order valence-electron chi connectivity index (χ0n) is 17.3. The lowest BCUT2D eigenvalue weighted by molar-refractivity contribution is -0.125. The van der Waals surface area contributed by atoms with Gasteiger partial charge in [-0.2, -0.15) is 0 Å². The van der Waals surface area contributed by atoms with Crippen molar-refractivity contribution in [3.63, 3.8) is 0 Å². The lowest BCUT2D eigenvalue weighted by Gasteiger charge is -2.18. The van der Waals surface area contributed by atoms with E-state index in [0.29, 0.717) is 24.0 Å². The Morgan fingerprint density at radius 1 is 0.885 bits per heavy atom. The van der Waals surface area contributed by atoms with Crippen LogP contribution in [0.15, 0.2) is 36.5 Å². The standard InChI is InChI=1S/C23H39NO2/c1-6-21(19-25)22(7-2)23(26)24(5)18-16-14-12-10-8-9-11-13-15-17-20(3)4/h6-7,19-20H,1-2,8-18H2,3-5H3/b22-21-. The zero-order valence-corrected chi connectivity index (χ0v) is 17.3. The van der Waals surface area contributed by atoms with Crippen molar-refractivity contribution < 1.29 is 9.59 Å². The molecule has 0 aliphatic heterocycles. The van der Waals surface area contributed by atoms with Gasteiger partial charge in [0.25, 0.3) is 5.91 Å². The van der Waals surface area contributed by atoms with Gasteiger partial charge in [0.1, 0.15) is 0 Å². The van der Waals surface area contributed by atoms with Crippen molar-refractivity contribution in [2.45, 2.75) is 78.1 Å². The summed E-state index contributed by atoms with van der Waals surface area (Å²) >= 11 is 0. The number of hydrogen-bond donors (Lipinski definition) is 0. The molecule has 0 heterocycles. The minimum atomic E-state index is -0.164. The van der Waals surface area contributed by atoms with E-state index in [1.807, 2.05) is 0 Å². The van der Waals surface area contributed by atoms with Crippen LogP contribution in [0.5, 0.6) is 0 Å². The number of unbranched alkanes of at least 4 members (excludes halogenated alkanes) is 8. The molecular weight excluding hydrogens is 322 g/mol. The molecule has 0 aromatic rings. The van der Waals surface area contributed by atoms with E-state index in [4.69, 9.17) is 0 Å². The summed E-state index contributed by atoms with van der Waals surface area (Å²) in [5, 5.41) is 0. The first-order chi connectivity index (χ1) is 12.5. The second-order valence-electron chi connectivity index (χ2n) is 7.49. The molecule has 3 nitrogen and oxygen atoms in total. The predicted molar refractivity (Wildman–Crippen MR) is 112 cm³/mol. The number of carbonyl (C=O) groups excluding carboxylic acids is 2. The Morgan fingerprint density at radius 3 is 1.81 bits per heavy atom. The Kier molecular flexibility index (Phi) is 14.6. The van der Waals surface area contributed by atoms with Gasteiger partial charge in [-0.3, -0.25) is 9.59 Å². The molecule has 0 N–H and O–H groups in total. The fourth-order valence-corrected chi connectivity index (χ4v) is 3.00. The molecule has 0 saturated carbocycles. The lowest BCUT2D eigenvalue weighted by atomic mass is 10.0. The molecule has 0 aliphatic carbocycles. The van der Waals surface area contributed by atoms with E-state index in [1.54, 1.807) is 11.9 Å². The Bertz CT molecular complexity index is 453. The van der Waals surface area contributed by atoms with Crippen LogP contribution in [0.3, 0.4) is 0 Å². The van der Waals surface area contributed by atoms with E-state index in [1.165, 1.54) is 63.5 Å². The zero-order chi connectivity index (χ0) is 19.8. The van der Waals surface area contributed by atoms with E-state index in [9.17, 15) is 9.59 Å². The number of allylic oxidation sites excluding steroid dienone is 2. The molecular formula is C23H39NO2.